The monoisotopic (exact) mass is 256 g/mol. The Labute approximate surface area is 106 Å². The van der Waals surface area contributed by atoms with Gasteiger partial charge < -0.3 is 15.7 Å². The van der Waals surface area contributed by atoms with Crippen LogP contribution in [0.5, 0.6) is 0 Å². The summed E-state index contributed by atoms with van der Waals surface area (Å²) in [6.45, 7) is 1.80. The Hall–Kier alpha value is -1.59. The van der Waals surface area contributed by atoms with Crippen LogP contribution in [0.25, 0.3) is 0 Å². The first-order valence-corrected chi connectivity index (χ1v) is 6.27. The van der Waals surface area contributed by atoms with Gasteiger partial charge in [-0.1, -0.05) is 6.92 Å². The number of hydrogen-bond acceptors (Lipinski definition) is 3. The molecule has 2 amide bonds. The van der Waals surface area contributed by atoms with Crippen LogP contribution in [-0.2, 0) is 14.4 Å². The van der Waals surface area contributed by atoms with Gasteiger partial charge in [0.1, 0.15) is 0 Å². The van der Waals surface area contributed by atoms with Gasteiger partial charge in [0.25, 0.3) is 0 Å². The lowest BCUT2D eigenvalue weighted by Gasteiger charge is -2.41. The number of carboxylic acids is 1. The molecule has 0 aromatic heterocycles. The van der Waals surface area contributed by atoms with E-state index in [4.69, 9.17) is 5.11 Å². The highest BCUT2D eigenvalue weighted by molar-refractivity contribution is 5.85. The largest absolute Gasteiger partial charge is 0.481 e. The van der Waals surface area contributed by atoms with Crippen molar-refractivity contribution < 1.29 is 19.5 Å². The molecule has 1 aliphatic rings. The first-order chi connectivity index (χ1) is 8.47. The van der Waals surface area contributed by atoms with Gasteiger partial charge >= 0.3 is 5.97 Å². The van der Waals surface area contributed by atoms with Crippen molar-refractivity contribution >= 4 is 17.8 Å². The second kappa shape index (κ2) is 6.37. The maximum atomic E-state index is 11.6. The van der Waals surface area contributed by atoms with E-state index in [0.717, 1.165) is 12.8 Å². The van der Waals surface area contributed by atoms with Gasteiger partial charge in [-0.2, -0.15) is 0 Å². The highest BCUT2D eigenvalue weighted by Gasteiger charge is 2.40. The number of carboxylic acid groups (broad SMARTS) is 1. The summed E-state index contributed by atoms with van der Waals surface area (Å²) in [6.07, 6.45) is 3.38. The lowest BCUT2D eigenvalue weighted by atomic mass is 9.74. The molecule has 1 aliphatic carbocycles. The second-order valence-electron chi connectivity index (χ2n) is 4.78. The number of rotatable bonds is 7. The lowest BCUT2D eigenvalue weighted by Crippen LogP contribution is -2.56. The lowest BCUT2D eigenvalue weighted by molar-refractivity contribution is -0.140. The SMILES string of the molecule is CCCC(=O)NCC(=O)NC1(CC(=O)O)CCC1. The third kappa shape index (κ3) is 4.35. The highest BCUT2D eigenvalue weighted by atomic mass is 16.4. The zero-order chi connectivity index (χ0) is 13.6. The Morgan fingerprint density at radius 1 is 1.22 bits per heavy atom. The van der Waals surface area contributed by atoms with E-state index in [2.05, 4.69) is 10.6 Å². The predicted octanol–water partition coefficient (Wildman–Crippen LogP) is 0.416. The summed E-state index contributed by atoms with van der Waals surface area (Å²) in [4.78, 5) is 33.5. The van der Waals surface area contributed by atoms with Crippen LogP contribution in [0.1, 0.15) is 45.4 Å². The fourth-order valence-corrected chi connectivity index (χ4v) is 2.07. The number of aliphatic carboxylic acids is 1. The zero-order valence-electron chi connectivity index (χ0n) is 10.6. The van der Waals surface area contributed by atoms with Crippen molar-refractivity contribution in [2.45, 2.75) is 51.0 Å². The molecule has 0 bridgehead atoms. The minimum Gasteiger partial charge on any atom is -0.481 e. The van der Waals surface area contributed by atoms with E-state index < -0.39 is 11.5 Å². The van der Waals surface area contributed by atoms with Crippen molar-refractivity contribution in [3.63, 3.8) is 0 Å². The minimum absolute atomic E-state index is 0.0539. The van der Waals surface area contributed by atoms with Crippen molar-refractivity contribution in [2.24, 2.45) is 0 Å². The quantitative estimate of drug-likeness (QED) is 0.615. The van der Waals surface area contributed by atoms with E-state index in [9.17, 15) is 14.4 Å². The molecule has 0 aliphatic heterocycles. The van der Waals surface area contributed by atoms with E-state index in [0.29, 0.717) is 19.3 Å². The normalized spacial score (nSPS) is 16.5. The molecule has 102 valence electrons. The molecule has 6 heteroatoms. The fraction of sp³-hybridized carbons (Fsp3) is 0.750. The topological polar surface area (TPSA) is 95.5 Å². The predicted molar refractivity (Wildman–Crippen MR) is 64.9 cm³/mol. The molecule has 1 saturated carbocycles. The Morgan fingerprint density at radius 3 is 2.33 bits per heavy atom. The van der Waals surface area contributed by atoms with Crippen LogP contribution < -0.4 is 10.6 Å². The molecule has 0 saturated heterocycles. The molecule has 1 rings (SSSR count). The van der Waals surface area contributed by atoms with E-state index in [1.165, 1.54) is 0 Å². The zero-order valence-corrected chi connectivity index (χ0v) is 10.6. The molecule has 0 aromatic carbocycles. The highest BCUT2D eigenvalue weighted by Crippen LogP contribution is 2.34. The van der Waals surface area contributed by atoms with Crippen molar-refractivity contribution in [3.05, 3.63) is 0 Å². The molecule has 0 unspecified atom stereocenters. The van der Waals surface area contributed by atoms with Crippen molar-refractivity contribution in [1.29, 1.82) is 0 Å². The summed E-state index contributed by atoms with van der Waals surface area (Å²) in [5, 5.41) is 14.0. The maximum absolute atomic E-state index is 11.6. The average molecular weight is 256 g/mol. The molecule has 0 spiro atoms. The molecular weight excluding hydrogens is 236 g/mol. The minimum atomic E-state index is -0.912. The van der Waals surface area contributed by atoms with E-state index >= 15 is 0 Å². The summed E-state index contributed by atoms with van der Waals surface area (Å²) in [7, 11) is 0. The summed E-state index contributed by atoms with van der Waals surface area (Å²) in [5.41, 5.74) is -0.599. The summed E-state index contributed by atoms with van der Waals surface area (Å²) >= 11 is 0. The summed E-state index contributed by atoms with van der Waals surface area (Å²) < 4.78 is 0. The van der Waals surface area contributed by atoms with Gasteiger partial charge in [0, 0.05) is 6.42 Å². The van der Waals surface area contributed by atoms with Crippen LogP contribution >= 0.6 is 0 Å². The molecule has 0 atom stereocenters. The van der Waals surface area contributed by atoms with Crippen LogP contribution in [0, 0.1) is 0 Å². The Balaban J connectivity index is 2.34. The van der Waals surface area contributed by atoms with E-state index in [1.54, 1.807) is 0 Å². The maximum Gasteiger partial charge on any atom is 0.305 e. The van der Waals surface area contributed by atoms with Crippen molar-refractivity contribution in [2.75, 3.05) is 6.54 Å². The van der Waals surface area contributed by atoms with Crippen molar-refractivity contribution in [1.82, 2.24) is 10.6 Å². The smallest absolute Gasteiger partial charge is 0.305 e. The van der Waals surface area contributed by atoms with Crippen LogP contribution in [0.15, 0.2) is 0 Å². The van der Waals surface area contributed by atoms with E-state index in [-0.39, 0.29) is 24.8 Å². The van der Waals surface area contributed by atoms with Crippen molar-refractivity contribution in [3.8, 4) is 0 Å². The van der Waals surface area contributed by atoms with Gasteiger partial charge in [-0.05, 0) is 25.7 Å². The Kier molecular flexibility index (Phi) is 5.12. The number of carbonyl (C=O) groups excluding carboxylic acids is 2. The number of hydrogen-bond donors (Lipinski definition) is 3. The van der Waals surface area contributed by atoms with Crippen LogP contribution in [0.3, 0.4) is 0 Å². The Bertz CT molecular complexity index is 337. The Morgan fingerprint density at radius 2 is 1.89 bits per heavy atom. The molecular formula is C12H20N2O4. The number of amides is 2. The van der Waals surface area contributed by atoms with Gasteiger partial charge in [0.15, 0.2) is 0 Å². The standard InChI is InChI=1S/C12H20N2O4/c1-2-4-9(15)13-8-10(16)14-12(5-3-6-12)7-11(17)18/h2-8H2,1H3,(H,13,15)(H,14,16)(H,17,18). The summed E-state index contributed by atoms with van der Waals surface area (Å²) in [6, 6.07) is 0. The van der Waals surface area contributed by atoms with Gasteiger partial charge in [-0.25, -0.2) is 0 Å². The average Bonchev–Trinajstić information content (AvgIpc) is 2.23. The number of nitrogens with one attached hydrogen (secondary N) is 2. The van der Waals surface area contributed by atoms with Gasteiger partial charge in [-0.15, -0.1) is 0 Å². The third-order valence-electron chi connectivity index (χ3n) is 3.13. The van der Waals surface area contributed by atoms with Gasteiger partial charge in [-0.3, -0.25) is 14.4 Å². The first-order valence-electron chi connectivity index (χ1n) is 6.27. The second-order valence-corrected chi connectivity index (χ2v) is 4.78. The molecule has 3 N–H and O–H groups in total. The first kappa shape index (κ1) is 14.5. The molecule has 18 heavy (non-hydrogen) atoms. The molecule has 1 fully saturated rings. The molecule has 0 heterocycles. The van der Waals surface area contributed by atoms with E-state index in [1.807, 2.05) is 6.92 Å². The van der Waals surface area contributed by atoms with Crippen LogP contribution in [-0.4, -0.2) is 35.0 Å². The fourth-order valence-electron chi connectivity index (χ4n) is 2.07. The van der Waals surface area contributed by atoms with Gasteiger partial charge in [0.05, 0.1) is 18.5 Å². The third-order valence-corrected chi connectivity index (χ3v) is 3.13. The molecule has 0 aromatic rings. The summed E-state index contributed by atoms with van der Waals surface area (Å²) in [5.74, 6) is -1.39. The van der Waals surface area contributed by atoms with Gasteiger partial charge in [0.2, 0.25) is 11.8 Å². The van der Waals surface area contributed by atoms with Crippen LogP contribution in [0.4, 0.5) is 0 Å². The number of carbonyl (C=O) groups is 3. The molecule has 0 radical (unpaired) electrons. The molecule has 6 nitrogen and oxygen atoms in total. The van der Waals surface area contributed by atoms with Crippen LogP contribution in [0.2, 0.25) is 0 Å².